The first-order valence-corrected chi connectivity index (χ1v) is 10.1. The third kappa shape index (κ3) is 3.32. The molecule has 0 aliphatic carbocycles. The van der Waals surface area contributed by atoms with E-state index >= 15 is 0 Å². The Morgan fingerprint density at radius 3 is 1.80 bits per heavy atom. The summed E-state index contributed by atoms with van der Waals surface area (Å²) in [6.45, 7) is 0.779. The first-order chi connectivity index (χ1) is 14.7. The average molecular weight is 398 g/mol. The maximum absolute atomic E-state index is 13.4. The number of carbonyl (C=O) groups excluding carboxylic acids is 2. The number of imide groups is 1. The number of carbonyl (C=O) groups is 2. The van der Waals surface area contributed by atoms with E-state index in [0.717, 1.165) is 16.7 Å². The van der Waals surface area contributed by atoms with E-state index in [1.165, 1.54) is 4.90 Å². The molecule has 2 heterocycles. The smallest absolute Gasteiger partial charge is 0.261 e. The first kappa shape index (κ1) is 18.7. The summed E-state index contributed by atoms with van der Waals surface area (Å²) >= 11 is 0. The van der Waals surface area contributed by atoms with E-state index in [0.29, 0.717) is 6.54 Å². The van der Waals surface area contributed by atoms with Crippen LogP contribution >= 0.6 is 0 Å². The highest BCUT2D eigenvalue weighted by Crippen LogP contribution is 2.45. The van der Waals surface area contributed by atoms with Gasteiger partial charge in [0.25, 0.3) is 5.91 Å². The van der Waals surface area contributed by atoms with Gasteiger partial charge in [-0.3, -0.25) is 19.3 Å². The molecule has 5 heteroatoms. The van der Waals surface area contributed by atoms with Gasteiger partial charge in [0, 0.05) is 6.54 Å². The largest absolute Gasteiger partial charge is 0.284 e. The zero-order valence-electron chi connectivity index (χ0n) is 16.4. The van der Waals surface area contributed by atoms with Gasteiger partial charge in [-0.15, -0.1) is 0 Å². The van der Waals surface area contributed by atoms with Crippen molar-refractivity contribution in [2.24, 2.45) is 5.92 Å². The zero-order valence-corrected chi connectivity index (χ0v) is 16.4. The van der Waals surface area contributed by atoms with Gasteiger partial charge in [0.05, 0.1) is 18.5 Å². The molecular formula is C25H22N2O3. The summed E-state index contributed by atoms with van der Waals surface area (Å²) in [5, 5.41) is 1.80. The van der Waals surface area contributed by atoms with Crippen molar-refractivity contribution >= 4 is 11.8 Å². The topological polar surface area (TPSA) is 49.9 Å². The molecule has 3 aromatic carbocycles. The summed E-state index contributed by atoms with van der Waals surface area (Å²) in [5.41, 5.74) is 2.97. The second kappa shape index (κ2) is 7.86. The number of hydroxylamine groups is 2. The highest BCUT2D eigenvalue weighted by atomic mass is 16.7. The Balaban J connectivity index is 1.46. The van der Waals surface area contributed by atoms with Gasteiger partial charge in [0.1, 0.15) is 0 Å². The third-order valence-electron chi connectivity index (χ3n) is 5.79. The fraction of sp³-hybridized carbons (Fsp3) is 0.200. The molecular weight excluding hydrogens is 376 g/mol. The molecule has 0 aromatic heterocycles. The van der Waals surface area contributed by atoms with Crippen LogP contribution in [0.15, 0.2) is 91.0 Å². The Bertz CT molecular complexity index is 1040. The zero-order chi connectivity index (χ0) is 20.5. The summed E-state index contributed by atoms with van der Waals surface area (Å²) in [5.74, 6) is -0.976. The molecule has 30 heavy (non-hydrogen) atoms. The second-order valence-corrected chi connectivity index (χ2v) is 7.72. The van der Waals surface area contributed by atoms with E-state index in [1.54, 1.807) is 5.06 Å². The molecule has 3 atom stereocenters. The molecule has 0 spiro atoms. The molecule has 150 valence electrons. The van der Waals surface area contributed by atoms with Gasteiger partial charge in [0.2, 0.25) is 5.91 Å². The monoisotopic (exact) mass is 398 g/mol. The SMILES string of the molecule is O=C1[C@H]2[C@H](ON(Cc3ccccc3)[C@H]2c2ccccc2)C(=O)N1Cc1ccccc1. The number of amides is 2. The van der Waals surface area contributed by atoms with Crippen molar-refractivity contribution < 1.29 is 14.4 Å². The molecule has 2 fully saturated rings. The fourth-order valence-corrected chi connectivity index (χ4v) is 4.37. The lowest BCUT2D eigenvalue weighted by Crippen LogP contribution is -2.36. The molecule has 2 saturated heterocycles. The van der Waals surface area contributed by atoms with Crippen LogP contribution < -0.4 is 0 Å². The quantitative estimate of drug-likeness (QED) is 0.615. The van der Waals surface area contributed by atoms with Gasteiger partial charge in [0.15, 0.2) is 6.10 Å². The summed E-state index contributed by atoms with van der Waals surface area (Å²) < 4.78 is 0. The molecule has 0 N–H and O–H groups in total. The van der Waals surface area contributed by atoms with Crippen molar-refractivity contribution in [3.63, 3.8) is 0 Å². The summed E-state index contributed by atoms with van der Waals surface area (Å²) in [7, 11) is 0. The highest BCUT2D eigenvalue weighted by Gasteiger charge is 2.59. The van der Waals surface area contributed by atoms with Gasteiger partial charge in [-0.2, -0.15) is 5.06 Å². The molecule has 5 rings (SSSR count). The van der Waals surface area contributed by atoms with Gasteiger partial charge in [-0.25, -0.2) is 0 Å². The molecule has 0 saturated carbocycles. The second-order valence-electron chi connectivity index (χ2n) is 7.72. The Morgan fingerprint density at radius 2 is 1.20 bits per heavy atom. The minimum atomic E-state index is -0.782. The van der Waals surface area contributed by atoms with Crippen LogP contribution in [0.4, 0.5) is 0 Å². The summed E-state index contributed by atoms with van der Waals surface area (Å²) in [6, 6.07) is 29.1. The Labute approximate surface area is 175 Å². The predicted octanol–water partition coefficient (Wildman–Crippen LogP) is 3.73. The maximum atomic E-state index is 13.4. The van der Waals surface area contributed by atoms with E-state index < -0.39 is 12.0 Å². The maximum Gasteiger partial charge on any atom is 0.261 e. The van der Waals surface area contributed by atoms with Gasteiger partial charge < -0.3 is 0 Å². The summed E-state index contributed by atoms with van der Waals surface area (Å²) in [6.07, 6.45) is -0.782. The molecule has 2 aliphatic rings. The number of fused-ring (bicyclic) bond motifs is 1. The number of hydrogen-bond donors (Lipinski definition) is 0. The van der Waals surface area contributed by atoms with Crippen molar-refractivity contribution in [2.45, 2.75) is 25.2 Å². The minimum absolute atomic E-state index is 0.168. The Morgan fingerprint density at radius 1 is 0.667 bits per heavy atom. The molecule has 0 unspecified atom stereocenters. The lowest BCUT2D eigenvalue weighted by Gasteiger charge is -2.27. The van der Waals surface area contributed by atoms with Crippen molar-refractivity contribution in [3.05, 3.63) is 108 Å². The molecule has 0 radical (unpaired) electrons. The van der Waals surface area contributed by atoms with Crippen LogP contribution in [0.1, 0.15) is 22.7 Å². The van der Waals surface area contributed by atoms with Crippen LogP contribution in [0.3, 0.4) is 0 Å². The number of hydrogen-bond acceptors (Lipinski definition) is 4. The molecule has 2 aliphatic heterocycles. The minimum Gasteiger partial charge on any atom is -0.284 e. The molecule has 5 nitrogen and oxygen atoms in total. The van der Waals surface area contributed by atoms with Crippen LogP contribution in [-0.4, -0.2) is 27.9 Å². The lowest BCUT2D eigenvalue weighted by molar-refractivity contribution is -0.184. The lowest BCUT2D eigenvalue weighted by atomic mass is 9.90. The highest BCUT2D eigenvalue weighted by molar-refractivity contribution is 6.07. The van der Waals surface area contributed by atoms with Crippen LogP contribution in [-0.2, 0) is 27.5 Å². The molecule has 2 amide bonds. The number of nitrogens with zero attached hydrogens (tertiary/aromatic N) is 2. The van der Waals surface area contributed by atoms with Crippen molar-refractivity contribution in [1.82, 2.24) is 9.96 Å². The third-order valence-corrected chi connectivity index (χ3v) is 5.79. The van der Waals surface area contributed by atoms with Gasteiger partial charge in [-0.05, 0) is 16.7 Å². The van der Waals surface area contributed by atoms with Gasteiger partial charge in [-0.1, -0.05) is 91.0 Å². The van der Waals surface area contributed by atoms with Crippen LogP contribution in [0, 0.1) is 5.92 Å². The van der Waals surface area contributed by atoms with E-state index in [2.05, 4.69) is 0 Å². The van der Waals surface area contributed by atoms with Crippen molar-refractivity contribution in [3.8, 4) is 0 Å². The van der Waals surface area contributed by atoms with Crippen molar-refractivity contribution in [1.29, 1.82) is 0 Å². The normalized spacial score (nSPS) is 23.7. The Kier molecular flexibility index (Phi) is 4.91. The standard InChI is InChI=1S/C25H22N2O3/c28-24-21-22(20-14-8-3-9-15-20)27(17-19-12-6-2-7-13-19)30-23(21)25(29)26(24)16-18-10-4-1-5-11-18/h1-15,21-23H,16-17H2/t21-,22+,23+/m1/s1. The van der Waals surface area contributed by atoms with Crippen molar-refractivity contribution in [2.75, 3.05) is 0 Å². The van der Waals surface area contributed by atoms with Crippen LogP contribution in [0.25, 0.3) is 0 Å². The van der Waals surface area contributed by atoms with Crippen LogP contribution in [0.2, 0.25) is 0 Å². The number of rotatable bonds is 5. The first-order valence-electron chi connectivity index (χ1n) is 10.1. The van der Waals surface area contributed by atoms with E-state index in [4.69, 9.17) is 4.84 Å². The number of benzene rings is 3. The average Bonchev–Trinajstić information content (AvgIpc) is 3.27. The predicted molar refractivity (Wildman–Crippen MR) is 112 cm³/mol. The summed E-state index contributed by atoms with van der Waals surface area (Å²) in [4.78, 5) is 34.0. The fourth-order valence-electron chi connectivity index (χ4n) is 4.37. The molecule has 0 bridgehead atoms. The Hall–Kier alpha value is -3.28. The van der Waals surface area contributed by atoms with Crippen LogP contribution in [0.5, 0.6) is 0 Å². The van der Waals surface area contributed by atoms with E-state index in [9.17, 15) is 9.59 Å². The number of likely N-dealkylation sites (tertiary alicyclic amines) is 1. The van der Waals surface area contributed by atoms with E-state index in [-0.39, 0.29) is 24.4 Å². The van der Waals surface area contributed by atoms with Gasteiger partial charge >= 0.3 is 0 Å². The van der Waals surface area contributed by atoms with E-state index in [1.807, 2.05) is 91.0 Å². The molecule has 3 aromatic rings.